The second kappa shape index (κ2) is 9.21. The Balaban J connectivity index is 1.96. The van der Waals surface area contributed by atoms with E-state index in [-0.39, 0.29) is 39.3 Å². The maximum atomic E-state index is 13.3. The molecule has 182 valence electrons. The van der Waals surface area contributed by atoms with Crippen molar-refractivity contribution in [3.05, 3.63) is 34.5 Å². The van der Waals surface area contributed by atoms with Crippen molar-refractivity contribution in [2.75, 3.05) is 38.7 Å². The van der Waals surface area contributed by atoms with Gasteiger partial charge in [0.05, 0.1) is 18.8 Å². The van der Waals surface area contributed by atoms with Gasteiger partial charge in [-0.15, -0.1) is 11.3 Å². The molecule has 1 aromatic rings. The SMILES string of the molecule is CC1=C(C(C)(C)C)C=C(C(=O)Nc2sc(S(=O)(=O)N3CCOCC3)cc2C(N)=O)N(C)C1C. The fourth-order valence-electron chi connectivity index (χ4n) is 3.96. The van der Waals surface area contributed by atoms with Crippen LogP contribution in [-0.2, 0) is 19.6 Å². The quantitative estimate of drug-likeness (QED) is 0.645. The Morgan fingerprint density at radius 3 is 2.39 bits per heavy atom. The predicted molar refractivity (Wildman–Crippen MR) is 129 cm³/mol. The molecule has 9 nitrogen and oxygen atoms in total. The molecule has 0 spiro atoms. The number of hydrogen-bond donors (Lipinski definition) is 2. The van der Waals surface area contributed by atoms with Crippen LogP contribution in [0.1, 0.15) is 45.0 Å². The maximum absolute atomic E-state index is 13.3. The number of nitrogens with zero attached hydrogens (tertiary/aromatic N) is 2. The van der Waals surface area contributed by atoms with E-state index in [4.69, 9.17) is 10.5 Å². The Kier molecular flexibility index (Phi) is 7.09. The van der Waals surface area contributed by atoms with E-state index in [1.165, 1.54) is 15.9 Å². The topological polar surface area (TPSA) is 122 Å². The minimum Gasteiger partial charge on any atom is -0.379 e. The first-order chi connectivity index (χ1) is 15.2. The van der Waals surface area contributed by atoms with Gasteiger partial charge in [0.25, 0.3) is 21.8 Å². The number of amides is 2. The van der Waals surface area contributed by atoms with Crippen molar-refractivity contribution in [1.82, 2.24) is 9.21 Å². The summed E-state index contributed by atoms with van der Waals surface area (Å²) in [5, 5.41) is 2.85. The molecule has 1 unspecified atom stereocenters. The molecule has 11 heteroatoms. The largest absolute Gasteiger partial charge is 0.379 e. The third-order valence-corrected chi connectivity index (χ3v) is 9.50. The van der Waals surface area contributed by atoms with Crippen LogP contribution in [0, 0.1) is 5.41 Å². The number of carbonyl (C=O) groups excluding carboxylic acids is 2. The number of nitrogens with two attached hydrogens (primary N) is 1. The number of hydrogen-bond acceptors (Lipinski definition) is 7. The van der Waals surface area contributed by atoms with Gasteiger partial charge in [0.15, 0.2) is 0 Å². The lowest BCUT2D eigenvalue weighted by molar-refractivity contribution is -0.114. The fraction of sp³-hybridized carbons (Fsp3) is 0.545. The number of carbonyl (C=O) groups is 2. The van der Waals surface area contributed by atoms with Crippen molar-refractivity contribution >= 4 is 38.2 Å². The summed E-state index contributed by atoms with van der Waals surface area (Å²) in [6.45, 7) is 11.4. The Bertz CT molecular complexity index is 1120. The average Bonchev–Trinajstić information content (AvgIpc) is 3.16. The molecule has 33 heavy (non-hydrogen) atoms. The minimum absolute atomic E-state index is 0.00109. The number of primary amides is 1. The monoisotopic (exact) mass is 496 g/mol. The number of rotatable bonds is 5. The molecule has 2 aliphatic rings. The molecule has 2 amide bonds. The average molecular weight is 497 g/mol. The second-order valence-corrected chi connectivity index (χ2v) is 12.5. The zero-order valence-corrected chi connectivity index (χ0v) is 21.5. The van der Waals surface area contributed by atoms with Crippen molar-refractivity contribution in [3.63, 3.8) is 0 Å². The number of likely N-dealkylation sites (N-methyl/N-ethyl adjacent to an activating group) is 1. The molecule has 1 aromatic heterocycles. The van der Waals surface area contributed by atoms with Gasteiger partial charge >= 0.3 is 0 Å². The zero-order chi connectivity index (χ0) is 24.7. The van der Waals surface area contributed by atoms with E-state index in [2.05, 4.69) is 33.0 Å². The molecular formula is C22H32N4O5S2. The third kappa shape index (κ3) is 5.01. The highest BCUT2D eigenvalue weighted by molar-refractivity contribution is 7.91. The first-order valence-electron chi connectivity index (χ1n) is 10.7. The van der Waals surface area contributed by atoms with E-state index in [0.29, 0.717) is 18.9 Å². The Labute approximate surface area is 199 Å². The number of ether oxygens (including phenoxy) is 1. The third-order valence-electron chi connectivity index (χ3n) is 6.10. The first kappa shape index (κ1) is 25.4. The van der Waals surface area contributed by atoms with Crippen LogP contribution in [0.25, 0.3) is 0 Å². The van der Waals surface area contributed by atoms with Gasteiger partial charge in [0.1, 0.15) is 14.9 Å². The molecule has 3 heterocycles. The van der Waals surface area contributed by atoms with Gasteiger partial charge < -0.3 is 20.7 Å². The number of allylic oxidation sites excluding steroid dienone is 2. The van der Waals surface area contributed by atoms with Crippen molar-refractivity contribution in [2.45, 2.75) is 44.9 Å². The second-order valence-electron chi connectivity index (χ2n) is 9.31. The van der Waals surface area contributed by atoms with Gasteiger partial charge in [-0.25, -0.2) is 8.42 Å². The summed E-state index contributed by atoms with van der Waals surface area (Å²) in [5.41, 5.74) is 7.98. The summed E-state index contributed by atoms with van der Waals surface area (Å²) in [6, 6.07) is 1.24. The minimum atomic E-state index is -3.83. The molecule has 0 aliphatic carbocycles. The van der Waals surface area contributed by atoms with Gasteiger partial charge in [-0.05, 0) is 42.6 Å². The van der Waals surface area contributed by atoms with E-state index in [1.807, 2.05) is 24.9 Å². The molecule has 1 fully saturated rings. The van der Waals surface area contributed by atoms with Crippen LogP contribution in [-0.4, -0.2) is 68.8 Å². The maximum Gasteiger partial charge on any atom is 0.272 e. The zero-order valence-electron chi connectivity index (χ0n) is 19.9. The summed E-state index contributed by atoms with van der Waals surface area (Å²) >= 11 is 0.829. The number of anilines is 1. The van der Waals surface area contributed by atoms with Gasteiger partial charge in [-0.1, -0.05) is 20.8 Å². The van der Waals surface area contributed by atoms with Crippen LogP contribution in [0.4, 0.5) is 5.00 Å². The molecule has 0 bridgehead atoms. The molecular weight excluding hydrogens is 464 g/mol. The summed E-state index contributed by atoms with van der Waals surface area (Å²) in [5.74, 6) is -1.24. The Morgan fingerprint density at radius 1 is 1.24 bits per heavy atom. The van der Waals surface area contributed by atoms with Crippen molar-refractivity contribution in [3.8, 4) is 0 Å². The molecule has 0 radical (unpaired) electrons. The molecule has 3 rings (SSSR count). The smallest absolute Gasteiger partial charge is 0.272 e. The van der Waals surface area contributed by atoms with Gasteiger partial charge in [-0.3, -0.25) is 9.59 Å². The summed E-state index contributed by atoms with van der Waals surface area (Å²) < 4.78 is 32.6. The molecule has 0 saturated carbocycles. The van der Waals surface area contributed by atoms with Crippen LogP contribution >= 0.6 is 11.3 Å². The highest BCUT2D eigenvalue weighted by Crippen LogP contribution is 2.38. The highest BCUT2D eigenvalue weighted by atomic mass is 32.2. The van der Waals surface area contributed by atoms with E-state index < -0.39 is 21.8 Å². The standard InChI is InChI=1S/C22H32N4O5S2/c1-13-14(2)25(6)17(12-16(13)22(3,4)5)20(28)24-21-15(19(23)27)11-18(32-21)33(29,30)26-7-9-31-10-8-26/h11-12,14H,7-10H2,1-6H3,(H2,23,27)(H,24,28). The fourth-order valence-corrected chi connectivity index (χ4v) is 6.89. The van der Waals surface area contributed by atoms with Crippen molar-refractivity contribution in [1.29, 1.82) is 0 Å². The predicted octanol–water partition coefficient (Wildman–Crippen LogP) is 2.39. The lowest BCUT2D eigenvalue weighted by Crippen LogP contribution is -2.40. The lowest BCUT2D eigenvalue weighted by atomic mass is 9.79. The molecule has 1 atom stereocenters. The van der Waals surface area contributed by atoms with Crippen molar-refractivity contribution < 1.29 is 22.7 Å². The number of sulfonamides is 1. The van der Waals surface area contributed by atoms with Gasteiger partial charge in [-0.2, -0.15) is 4.31 Å². The summed E-state index contributed by atoms with van der Waals surface area (Å²) in [7, 11) is -2.00. The summed E-state index contributed by atoms with van der Waals surface area (Å²) in [4.78, 5) is 27.2. The van der Waals surface area contributed by atoms with E-state index in [1.54, 1.807) is 0 Å². The van der Waals surface area contributed by atoms with E-state index in [0.717, 1.165) is 16.9 Å². The summed E-state index contributed by atoms with van der Waals surface area (Å²) in [6.07, 6.45) is 1.85. The van der Waals surface area contributed by atoms with Crippen LogP contribution in [0.15, 0.2) is 33.2 Å². The van der Waals surface area contributed by atoms with E-state index in [9.17, 15) is 18.0 Å². The Morgan fingerprint density at radius 2 is 1.85 bits per heavy atom. The molecule has 1 saturated heterocycles. The van der Waals surface area contributed by atoms with Crippen molar-refractivity contribution in [2.24, 2.45) is 11.1 Å². The lowest BCUT2D eigenvalue weighted by Gasteiger charge is -2.38. The van der Waals surface area contributed by atoms with Crippen LogP contribution in [0.3, 0.4) is 0 Å². The molecule has 0 aromatic carbocycles. The van der Waals surface area contributed by atoms with Gasteiger partial charge in [0.2, 0.25) is 0 Å². The molecule has 2 aliphatic heterocycles. The van der Waals surface area contributed by atoms with E-state index >= 15 is 0 Å². The Hall–Kier alpha value is -2.21. The van der Waals surface area contributed by atoms with Gasteiger partial charge in [0, 0.05) is 26.2 Å². The number of morpholine rings is 1. The normalized spacial score (nSPS) is 20.6. The first-order valence-corrected chi connectivity index (χ1v) is 13.0. The highest BCUT2D eigenvalue weighted by Gasteiger charge is 2.33. The number of thiophene rings is 1. The number of nitrogens with one attached hydrogen (secondary N) is 1. The van der Waals surface area contributed by atoms with Crippen LogP contribution < -0.4 is 11.1 Å². The van der Waals surface area contributed by atoms with Crippen LogP contribution in [0.2, 0.25) is 0 Å². The van der Waals surface area contributed by atoms with Crippen LogP contribution in [0.5, 0.6) is 0 Å². The molecule has 3 N–H and O–H groups in total.